The first-order chi connectivity index (χ1) is 7.75. The van der Waals surface area contributed by atoms with Crippen molar-refractivity contribution in [1.82, 2.24) is 5.32 Å². The van der Waals surface area contributed by atoms with Crippen LogP contribution in [0.15, 0.2) is 18.2 Å². The molecular formula is C13H19Cl2NO. The summed E-state index contributed by atoms with van der Waals surface area (Å²) in [6.07, 6.45) is 2.43. The van der Waals surface area contributed by atoms with Crippen LogP contribution in [0.25, 0.3) is 0 Å². The number of rotatable bonds is 3. The van der Waals surface area contributed by atoms with Crippen molar-refractivity contribution >= 4 is 24.0 Å². The van der Waals surface area contributed by atoms with Gasteiger partial charge < -0.3 is 10.1 Å². The van der Waals surface area contributed by atoms with Crippen molar-refractivity contribution in [1.29, 1.82) is 0 Å². The van der Waals surface area contributed by atoms with Gasteiger partial charge in [-0.3, -0.25) is 0 Å². The number of aryl methyl sites for hydroxylation is 1. The van der Waals surface area contributed by atoms with Crippen LogP contribution >= 0.6 is 24.0 Å². The second-order valence-corrected chi connectivity index (χ2v) is 4.85. The van der Waals surface area contributed by atoms with Crippen molar-refractivity contribution in [2.75, 3.05) is 19.7 Å². The fourth-order valence-electron chi connectivity index (χ4n) is 2.03. The summed E-state index contributed by atoms with van der Waals surface area (Å²) in [5.74, 6) is 1.65. The van der Waals surface area contributed by atoms with Gasteiger partial charge in [-0.2, -0.15) is 0 Å². The normalized spacial score (nSPS) is 16.4. The summed E-state index contributed by atoms with van der Waals surface area (Å²) in [6, 6.07) is 5.78. The van der Waals surface area contributed by atoms with E-state index in [1.807, 2.05) is 25.1 Å². The fourth-order valence-corrected chi connectivity index (χ4v) is 2.26. The topological polar surface area (TPSA) is 21.3 Å². The van der Waals surface area contributed by atoms with Crippen LogP contribution in [0, 0.1) is 12.8 Å². The predicted molar refractivity (Wildman–Crippen MR) is 74.5 cm³/mol. The molecule has 0 unspecified atom stereocenters. The van der Waals surface area contributed by atoms with Crippen LogP contribution in [0.3, 0.4) is 0 Å². The van der Waals surface area contributed by atoms with Gasteiger partial charge >= 0.3 is 0 Å². The molecule has 0 amide bonds. The zero-order valence-electron chi connectivity index (χ0n) is 10.0. The number of halogens is 2. The molecule has 1 aliphatic heterocycles. The lowest BCUT2D eigenvalue weighted by molar-refractivity contribution is 0.214. The molecule has 1 saturated heterocycles. The molecule has 0 atom stereocenters. The van der Waals surface area contributed by atoms with Gasteiger partial charge in [0.1, 0.15) is 5.75 Å². The Morgan fingerprint density at radius 3 is 2.71 bits per heavy atom. The summed E-state index contributed by atoms with van der Waals surface area (Å²) >= 11 is 5.90. The molecule has 0 spiro atoms. The Kier molecular flexibility index (Phi) is 6.10. The van der Waals surface area contributed by atoms with E-state index in [4.69, 9.17) is 16.3 Å². The van der Waals surface area contributed by atoms with Gasteiger partial charge in [0.15, 0.2) is 0 Å². The monoisotopic (exact) mass is 275 g/mol. The van der Waals surface area contributed by atoms with Gasteiger partial charge in [-0.05, 0) is 62.5 Å². The van der Waals surface area contributed by atoms with Crippen LogP contribution in [0.1, 0.15) is 18.4 Å². The Morgan fingerprint density at radius 1 is 1.35 bits per heavy atom. The van der Waals surface area contributed by atoms with E-state index < -0.39 is 0 Å². The molecule has 2 rings (SSSR count). The number of nitrogens with one attached hydrogen (secondary N) is 1. The highest BCUT2D eigenvalue weighted by atomic mass is 35.5. The third-order valence-electron chi connectivity index (χ3n) is 3.07. The van der Waals surface area contributed by atoms with Gasteiger partial charge in [0.2, 0.25) is 0 Å². The van der Waals surface area contributed by atoms with Crippen LogP contribution < -0.4 is 10.1 Å². The summed E-state index contributed by atoms with van der Waals surface area (Å²) < 4.78 is 5.84. The maximum atomic E-state index is 5.90. The van der Waals surface area contributed by atoms with Crippen molar-refractivity contribution in [2.24, 2.45) is 5.92 Å². The molecule has 0 aromatic heterocycles. The Labute approximate surface area is 114 Å². The van der Waals surface area contributed by atoms with E-state index in [1.54, 1.807) is 0 Å². The lowest BCUT2D eigenvalue weighted by Gasteiger charge is -2.23. The van der Waals surface area contributed by atoms with E-state index in [2.05, 4.69) is 5.32 Å². The summed E-state index contributed by atoms with van der Waals surface area (Å²) in [5, 5.41) is 4.13. The average Bonchev–Trinajstić information content (AvgIpc) is 2.29. The van der Waals surface area contributed by atoms with Gasteiger partial charge in [0, 0.05) is 5.02 Å². The molecule has 1 fully saturated rings. The van der Waals surface area contributed by atoms with Gasteiger partial charge in [-0.1, -0.05) is 11.6 Å². The summed E-state index contributed by atoms with van der Waals surface area (Å²) in [6.45, 7) is 5.09. The Balaban J connectivity index is 0.00000144. The predicted octanol–water partition coefficient (Wildman–Crippen LogP) is 3.45. The standard InChI is InChI=1S/C13H18ClNO.ClH/c1-10-8-12(14)2-3-13(10)16-9-11-4-6-15-7-5-11;/h2-3,8,11,15H,4-7,9H2,1H3;1H. The zero-order valence-corrected chi connectivity index (χ0v) is 11.6. The SMILES string of the molecule is Cc1cc(Cl)ccc1OCC1CCNCC1.Cl. The largest absolute Gasteiger partial charge is 0.493 e. The molecule has 0 aliphatic carbocycles. The van der Waals surface area contributed by atoms with E-state index in [9.17, 15) is 0 Å². The first kappa shape index (κ1) is 14.6. The van der Waals surface area contributed by atoms with Crippen LogP contribution in [-0.2, 0) is 0 Å². The van der Waals surface area contributed by atoms with Crippen LogP contribution in [-0.4, -0.2) is 19.7 Å². The van der Waals surface area contributed by atoms with Gasteiger partial charge in [0.25, 0.3) is 0 Å². The lowest BCUT2D eigenvalue weighted by atomic mass is 9.99. The maximum absolute atomic E-state index is 5.90. The highest BCUT2D eigenvalue weighted by Crippen LogP contribution is 2.23. The first-order valence-corrected chi connectivity index (χ1v) is 6.23. The van der Waals surface area contributed by atoms with Crippen molar-refractivity contribution in [2.45, 2.75) is 19.8 Å². The van der Waals surface area contributed by atoms with Gasteiger partial charge in [-0.15, -0.1) is 12.4 Å². The summed E-state index contributed by atoms with van der Waals surface area (Å²) in [7, 11) is 0. The number of ether oxygens (including phenoxy) is 1. The Hall–Kier alpha value is -0.440. The number of hydrogen-bond acceptors (Lipinski definition) is 2. The molecule has 96 valence electrons. The second-order valence-electron chi connectivity index (χ2n) is 4.41. The number of piperidine rings is 1. The quantitative estimate of drug-likeness (QED) is 0.913. The maximum Gasteiger partial charge on any atom is 0.122 e. The molecule has 1 aromatic carbocycles. The smallest absolute Gasteiger partial charge is 0.122 e. The molecule has 0 radical (unpaired) electrons. The van der Waals surface area contributed by atoms with Crippen LogP contribution in [0.2, 0.25) is 5.02 Å². The molecule has 1 aliphatic rings. The molecular weight excluding hydrogens is 257 g/mol. The minimum absolute atomic E-state index is 0. The lowest BCUT2D eigenvalue weighted by Crippen LogP contribution is -2.30. The van der Waals surface area contributed by atoms with E-state index in [0.717, 1.165) is 36.0 Å². The van der Waals surface area contributed by atoms with E-state index in [-0.39, 0.29) is 12.4 Å². The number of hydrogen-bond donors (Lipinski definition) is 1. The van der Waals surface area contributed by atoms with E-state index in [1.165, 1.54) is 12.8 Å². The van der Waals surface area contributed by atoms with Gasteiger partial charge in [0.05, 0.1) is 6.61 Å². The Bertz CT molecular complexity index is 351. The highest BCUT2D eigenvalue weighted by molar-refractivity contribution is 6.30. The summed E-state index contributed by atoms with van der Waals surface area (Å²) in [5.41, 5.74) is 1.11. The minimum Gasteiger partial charge on any atom is -0.493 e. The minimum atomic E-state index is 0. The fraction of sp³-hybridized carbons (Fsp3) is 0.538. The number of benzene rings is 1. The highest BCUT2D eigenvalue weighted by Gasteiger charge is 2.13. The van der Waals surface area contributed by atoms with E-state index in [0.29, 0.717) is 5.92 Å². The molecule has 2 nitrogen and oxygen atoms in total. The molecule has 1 aromatic rings. The van der Waals surface area contributed by atoms with Crippen molar-refractivity contribution in [3.63, 3.8) is 0 Å². The van der Waals surface area contributed by atoms with Gasteiger partial charge in [-0.25, -0.2) is 0 Å². The Morgan fingerprint density at radius 2 is 2.06 bits per heavy atom. The van der Waals surface area contributed by atoms with Crippen LogP contribution in [0.5, 0.6) is 5.75 Å². The second kappa shape index (κ2) is 7.10. The van der Waals surface area contributed by atoms with E-state index >= 15 is 0 Å². The van der Waals surface area contributed by atoms with Crippen molar-refractivity contribution < 1.29 is 4.74 Å². The van der Waals surface area contributed by atoms with Crippen LogP contribution in [0.4, 0.5) is 0 Å². The molecule has 0 bridgehead atoms. The molecule has 4 heteroatoms. The molecule has 0 saturated carbocycles. The first-order valence-electron chi connectivity index (χ1n) is 5.85. The van der Waals surface area contributed by atoms with Crippen molar-refractivity contribution in [3.8, 4) is 5.75 Å². The molecule has 17 heavy (non-hydrogen) atoms. The third-order valence-corrected chi connectivity index (χ3v) is 3.31. The average molecular weight is 276 g/mol. The molecule has 1 heterocycles. The zero-order chi connectivity index (χ0) is 11.4. The molecule has 1 N–H and O–H groups in total. The van der Waals surface area contributed by atoms with Crippen molar-refractivity contribution in [3.05, 3.63) is 28.8 Å². The summed E-state index contributed by atoms with van der Waals surface area (Å²) in [4.78, 5) is 0. The third kappa shape index (κ3) is 4.38.